The van der Waals surface area contributed by atoms with Gasteiger partial charge in [-0.1, -0.05) is 42.6 Å². The number of hydrogen-bond donors (Lipinski definition) is 2. The highest BCUT2D eigenvalue weighted by Gasteiger charge is 2.15. The fraction of sp³-hybridized carbons (Fsp3) is 0.286. The number of halogens is 2. The van der Waals surface area contributed by atoms with Gasteiger partial charge in [0, 0.05) is 10.6 Å². The Bertz CT molecular complexity index is 517. The molecule has 0 fully saturated rings. The molecule has 0 amide bonds. The van der Waals surface area contributed by atoms with E-state index < -0.39 is 0 Å². The van der Waals surface area contributed by atoms with Crippen LogP contribution in [0.3, 0.4) is 0 Å². The Morgan fingerprint density at radius 2 is 2.00 bits per heavy atom. The first-order chi connectivity index (χ1) is 9.11. The summed E-state index contributed by atoms with van der Waals surface area (Å²) in [5.74, 6) is 0. The molecule has 1 atom stereocenters. The van der Waals surface area contributed by atoms with Crippen LogP contribution in [0.4, 0.5) is 11.4 Å². The molecule has 0 saturated carbocycles. The maximum atomic E-state index is 6.22. The average molecular weight is 315 g/mol. The normalized spacial score (nSPS) is 12.4. The molecule has 0 spiro atoms. The number of nitrogen functional groups attached to an aromatic ring is 1. The molecule has 1 heterocycles. The monoisotopic (exact) mass is 314 g/mol. The van der Waals surface area contributed by atoms with Crippen molar-refractivity contribution in [3.63, 3.8) is 0 Å². The number of benzene rings is 1. The highest BCUT2D eigenvalue weighted by molar-refractivity contribution is 7.10. The van der Waals surface area contributed by atoms with Crippen molar-refractivity contribution in [2.24, 2.45) is 0 Å². The van der Waals surface area contributed by atoms with Gasteiger partial charge in [-0.05, 0) is 30.0 Å². The van der Waals surface area contributed by atoms with Crippen molar-refractivity contribution in [1.82, 2.24) is 0 Å². The highest BCUT2D eigenvalue weighted by atomic mass is 35.5. The molecule has 5 heteroatoms. The fourth-order valence-electron chi connectivity index (χ4n) is 1.97. The molecule has 0 aliphatic carbocycles. The maximum Gasteiger partial charge on any atom is 0.0725 e. The Morgan fingerprint density at radius 1 is 1.32 bits per heavy atom. The SMILES string of the molecule is CCCC(Nc1c(Cl)cc(N)cc1Cl)c1cccs1. The third-order valence-electron chi connectivity index (χ3n) is 2.85. The average Bonchev–Trinajstić information content (AvgIpc) is 2.85. The first kappa shape index (κ1) is 14.5. The van der Waals surface area contributed by atoms with Crippen LogP contribution < -0.4 is 11.1 Å². The summed E-state index contributed by atoms with van der Waals surface area (Å²) in [6, 6.07) is 7.83. The summed E-state index contributed by atoms with van der Waals surface area (Å²) in [6.07, 6.45) is 2.11. The number of hydrogen-bond acceptors (Lipinski definition) is 3. The van der Waals surface area contributed by atoms with Crippen LogP contribution in [0, 0.1) is 0 Å². The molecule has 2 aromatic rings. The Balaban J connectivity index is 2.27. The molecule has 0 aliphatic rings. The van der Waals surface area contributed by atoms with Gasteiger partial charge in [0.05, 0.1) is 21.8 Å². The van der Waals surface area contributed by atoms with E-state index in [-0.39, 0.29) is 6.04 Å². The molecule has 102 valence electrons. The van der Waals surface area contributed by atoms with Crippen LogP contribution in [0.5, 0.6) is 0 Å². The smallest absolute Gasteiger partial charge is 0.0725 e. The summed E-state index contributed by atoms with van der Waals surface area (Å²) >= 11 is 14.2. The van der Waals surface area contributed by atoms with E-state index in [0.717, 1.165) is 18.5 Å². The van der Waals surface area contributed by atoms with Gasteiger partial charge in [-0.2, -0.15) is 0 Å². The number of thiophene rings is 1. The zero-order valence-electron chi connectivity index (χ0n) is 10.6. The van der Waals surface area contributed by atoms with Crippen molar-refractivity contribution in [3.05, 3.63) is 44.6 Å². The molecule has 3 N–H and O–H groups in total. The molecular formula is C14H16Cl2N2S. The summed E-state index contributed by atoms with van der Waals surface area (Å²) in [4.78, 5) is 1.28. The first-order valence-electron chi connectivity index (χ1n) is 6.16. The Hall–Kier alpha value is -0.900. The summed E-state index contributed by atoms with van der Waals surface area (Å²) in [5.41, 5.74) is 7.04. The second-order valence-electron chi connectivity index (χ2n) is 4.36. The van der Waals surface area contributed by atoms with Crippen LogP contribution in [-0.2, 0) is 0 Å². The molecule has 1 aromatic heterocycles. The summed E-state index contributed by atoms with van der Waals surface area (Å²) in [5, 5.41) is 6.63. The predicted molar refractivity (Wildman–Crippen MR) is 86.5 cm³/mol. The lowest BCUT2D eigenvalue weighted by molar-refractivity contribution is 0.688. The van der Waals surface area contributed by atoms with Crippen LogP contribution in [0.1, 0.15) is 30.7 Å². The molecule has 19 heavy (non-hydrogen) atoms. The minimum absolute atomic E-state index is 0.226. The number of nitrogens with one attached hydrogen (secondary N) is 1. The number of anilines is 2. The zero-order chi connectivity index (χ0) is 13.8. The van der Waals surface area contributed by atoms with Crippen LogP contribution in [0.2, 0.25) is 10.0 Å². The summed E-state index contributed by atoms with van der Waals surface area (Å²) < 4.78 is 0. The van der Waals surface area contributed by atoms with Crippen molar-refractivity contribution in [1.29, 1.82) is 0 Å². The Labute approximate surface area is 127 Å². The third-order valence-corrected chi connectivity index (χ3v) is 4.43. The molecule has 1 aromatic carbocycles. The third kappa shape index (κ3) is 3.56. The van der Waals surface area contributed by atoms with E-state index in [1.807, 2.05) is 0 Å². The predicted octanol–water partition coefficient (Wildman–Crippen LogP) is 5.59. The number of nitrogens with two attached hydrogens (primary N) is 1. The van der Waals surface area contributed by atoms with Crippen molar-refractivity contribution >= 4 is 45.9 Å². The van der Waals surface area contributed by atoms with Gasteiger partial charge in [0.25, 0.3) is 0 Å². The van der Waals surface area contributed by atoms with Gasteiger partial charge in [0.15, 0.2) is 0 Å². The van der Waals surface area contributed by atoms with Gasteiger partial charge >= 0.3 is 0 Å². The topological polar surface area (TPSA) is 38.0 Å². The molecular weight excluding hydrogens is 299 g/mol. The van der Waals surface area contributed by atoms with Crippen molar-refractivity contribution in [2.45, 2.75) is 25.8 Å². The fourth-order valence-corrected chi connectivity index (χ4v) is 3.39. The van der Waals surface area contributed by atoms with E-state index in [1.165, 1.54) is 4.88 Å². The van der Waals surface area contributed by atoms with Crippen LogP contribution >= 0.6 is 34.5 Å². The Morgan fingerprint density at radius 3 is 2.53 bits per heavy atom. The highest BCUT2D eigenvalue weighted by Crippen LogP contribution is 2.37. The molecule has 2 nitrogen and oxygen atoms in total. The lowest BCUT2D eigenvalue weighted by Crippen LogP contribution is -2.10. The van der Waals surface area contributed by atoms with Crippen molar-refractivity contribution in [2.75, 3.05) is 11.1 Å². The largest absolute Gasteiger partial charge is 0.399 e. The zero-order valence-corrected chi connectivity index (χ0v) is 12.9. The van der Waals surface area contributed by atoms with Gasteiger partial charge in [0.2, 0.25) is 0 Å². The van der Waals surface area contributed by atoms with Gasteiger partial charge in [-0.15, -0.1) is 11.3 Å². The van der Waals surface area contributed by atoms with Gasteiger partial charge in [-0.3, -0.25) is 0 Å². The van der Waals surface area contributed by atoms with Crippen LogP contribution in [0.25, 0.3) is 0 Å². The maximum absolute atomic E-state index is 6.22. The van der Waals surface area contributed by atoms with Crippen LogP contribution in [-0.4, -0.2) is 0 Å². The summed E-state index contributed by atoms with van der Waals surface area (Å²) in [6.45, 7) is 2.16. The molecule has 0 saturated heterocycles. The van der Waals surface area contributed by atoms with E-state index >= 15 is 0 Å². The molecule has 0 aliphatic heterocycles. The second kappa shape index (κ2) is 6.51. The van der Waals surface area contributed by atoms with Crippen molar-refractivity contribution < 1.29 is 0 Å². The molecule has 1 unspecified atom stereocenters. The second-order valence-corrected chi connectivity index (χ2v) is 6.15. The van der Waals surface area contributed by atoms with Gasteiger partial charge in [-0.25, -0.2) is 0 Å². The van der Waals surface area contributed by atoms with E-state index in [9.17, 15) is 0 Å². The van der Waals surface area contributed by atoms with E-state index in [4.69, 9.17) is 28.9 Å². The summed E-state index contributed by atoms with van der Waals surface area (Å²) in [7, 11) is 0. The van der Waals surface area contributed by atoms with Crippen molar-refractivity contribution in [3.8, 4) is 0 Å². The molecule has 0 radical (unpaired) electrons. The van der Waals surface area contributed by atoms with E-state index in [0.29, 0.717) is 15.7 Å². The lowest BCUT2D eigenvalue weighted by atomic mass is 10.1. The molecule has 0 bridgehead atoms. The van der Waals surface area contributed by atoms with Gasteiger partial charge in [0.1, 0.15) is 0 Å². The lowest BCUT2D eigenvalue weighted by Gasteiger charge is -2.20. The quantitative estimate of drug-likeness (QED) is 0.706. The standard InChI is InChI=1S/C14H16Cl2N2S/c1-2-4-12(13-5-3-6-19-13)18-14-10(15)7-9(17)8-11(14)16/h3,5-8,12,18H,2,4,17H2,1H3. The van der Waals surface area contributed by atoms with E-state index in [1.54, 1.807) is 23.5 Å². The number of rotatable bonds is 5. The van der Waals surface area contributed by atoms with E-state index in [2.05, 4.69) is 29.8 Å². The first-order valence-corrected chi connectivity index (χ1v) is 7.79. The minimum atomic E-state index is 0.226. The van der Waals surface area contributed by atoms with Gasteiger partial charge < -0.3 is 11.1 Å². The molecule has 2 rings (SSSR count). The minimum Gasteiger partial charge on any atom is -0.399 e. The van der Waals surface area contributed by atoms with Crippen LogP contribution in [0.15, 0.2) is 29.6 Å². The Kier molecular flexibility index (Phi) is 4.97.